The number of aliphatic hydroxyl groups excluding tert-OH is 1. The zero-order chi connectivity index (χ0) is 16.6. The van der Waals surface area contributed by atoms with Crippen LogP contribution in [0.2, 0.25) is 5.02 Å². The minimum atomic E-state index is -0.715. The predicted molar refractivity (Wildman–Crippen MR) is 84.5 cm³/mol. The largest absolute Gasteiger partial charge is 0.390 e. The zero-order valence-electron chi connectivity index (χ0n) is 11.9. The Labute approximate surface area is 136 Å². The average Bonchev–Trinajstić information content (AvgIpc) is 2.83. The quantitative estimate of drug-likeness (QED) is 0.667. The maximum absolute atomic E-state index is 12.4. The number of nitrogens with one attached hydrogen (secondary N) is 1. The van der Waals surface area contributed by atoms with Crippen LogP contribution in [0.5, 0.6) is 0 Å². The summed E-state index contributed by atoms with van der Waals surface area (Å²) in [6, 6.07) is 10.6. The van der Waals surface area contributed by atoms with E-state index in [2.05, 4.69) is 5.32 Å². The molecule has 0 aliphatic heterocycles. The number of nitro benzene ring substituents is 1. The van der Waals surface area contributed by atoms with Crippen LogP contribution in [-0.4, -0.2) is 22.0 Å². The van der Waals surface area contributed by atoms with Gasteiger partial charge in [0.15, 0.2) is 0 Å². The smallest absolute Gasteiger partial charge is 0.270 e. The van der Waals surface area contributed by atoms with E-state index in [-0.39, 0.29) is 16.3 Å². The molecule has 2 aromatic rings. The van der Waals surface area contributed by atoms with E-state index >= 15 is 0 Å². The maximum atomic E-state index is 12.4. The lowest BCUT2D eigenvalue weighted by Crippen LogP contribution is -2.34. The third-order valence-electron chi connectivity index (χ3n) is 3.90. The molecular formula is C16H13ClN2O4. The molecular weight excluding hydrogens is 320 g/mol. The van der Waals surface area contributed by atoms with Crippen LogP contribution in [0.1, 0.15) is 27.5 Å². The SMILES string of the molecule is O=C(NC1c2ccccc2CC1O)c1ccc([N+](=O)[O-])cc1Cl. The van der Waals surface area contributed by atoms with Gasteiger partial charge in [-0.15, -0.1) is 0 Å². The molecule has 0 radical (unpaired) electrons. The first-order chi connectivity index (χ1) is 11.0. The van der Waals surface area contributed by atoms with Crippen LogP contribution in [0.4, 0.5) is 5.69 Å². The Morgan fingerprint density at radius 3 is 2.74 bits per heavy atom. The minimum absolute atomic E-state index is 0.00234. The fourth-order valence-electron chi connectivity index (χ4n) is 2.77. The number of hydrogen-bond acceptors (Lipinski definition) is 4. The normalized spacial score (nSPS) is 19.2. The number of nitro groups is 1. The molecule has 0 heterocycles. The van der Waals surface area contributed by atoms with E-state index in [1.54, 1.807) is 0 Å². The van der Waals surface area contributed by atoms with E-state index < -0.39 is 23.0 Å². The van der Waals surface area contributed by atoms with Crippen molar-refractivity contribution < 1.29 is 14.8 Å². The third-order valence-corrected chi connectivity index (χ3v) is 4.21. The van der Waals surface area contributed by atoms with E-state index in [0.717, 1.165) is 17.2 Å². The summed E-state index contributed by atoms with van der Waals surface area (Å²) in [5.41, 5.74) is 1.80. The Hall–Kier alpha value is -2.44. The summed E-state index contributed by atoms with van der Waals surface area (Å²) < 4.78 is 0. The number of carbonyl (C=O) groups is 1. The Bertz CT molecular complexity index is 793. The molecule has 1 aliphatic carbocycles. The molecule has 2 N–H and O–H groups in total. The number of aliphatic hydroxyl groups is 1. The van der Waals surface area contributed by atoms with Gasteiger partial charge in [-0.2, -0.15) is 0 Å². The van der Waals surface area contributed by atoms with Crippen LogP contribution >= 0.6 is 11.6 Å². The van der Waals surface area contributed by atoms with Crippen molar-refractivity contribution in [3.8, 4) is 0 Å². The molecule has 1 amide bonds. The molecule has 0 saturated carbocycles. The Kier molecular flexibility index (Phi) is 4.02. The summed E-state index contributed by atoms with van der Waals surface area (Å²) >= 11 is 5.96. The molecule has 0 spiro atoms. The molecule has 0 fully saturated rings. The van der Waals surface area contributed by atoms with Crippen molar-refractivity contribution >= 4 is 23.2 Å². The summed E-state index contributed by atoms with van der Waals surface area (Å²) in [6.07, 6.45) is -0.247. The molecule has 2 aromatic carbocycles. The first-order valence-electron chi connectivity index (χ1n) is 6.98. The van der Waals surface area contributed by atoms with E-state index in [1.807, 2.05) is 24.3 Å². The van der Waals surface area contributed by atoms with Gasteiger partial charge in [-0.3, -0.25) is 14.9 Å². The first kappa shape index (κ1) is 15.5. The van der Waals surface area contributed by atoms with E-state index in [4.69, 9.17) is 11.6 Å². The number of fused-ring (bicyclic) bond motifs is 1. The van der Waals surface area contributed by atoms with Gasteiger partial charge in [0.25, 0.3) is 11.6 Å². The second kappa shape index (κ2) is 5.98. The third kappa shape index (κ3) is 2.91. The van der Waals surface area contributed by atoms with Crippen LogP contribution in [0.3, 0.4) is 0 Å². The number of amides is 1. The van der Waals surface area contributed by atoms with Gasteiger partial charge in [-0.05, 0) is 17.2 Å². The van der Waals surface area contributed by atoms with Crippen LogP contribution in [0.25, 0.3) is 0 Å². The highest BCUT2D eigenvalue weighted by Crippen LogP contribution is 2.32. The topological polar surface area (TPSA) is 92.5 Å². The van der Waals surface area contributed by atoms with E-state index in [0.29, 0.717) is 6.42 Å². The van der Waals surface area contributed by atoms with Gasteiger partial charge in [0.2, 0.25) is 0 Å². The van der Waals surface area contributed by atoms with Crippen LogP contribution in [0.15, 0.2) is 42.5 Å². The summed E-state index contributed by atoms with van der Waals surface area (Å²) in [4.78, 5) is 22.5. The minimum Gasteiger partial charge on any atom is -0.390 e. The van der Waals surface area contributed by atoms with Gasteiger partial charge in [-0.25, -0.2) is 0 Å². The lowest BCUT2D eigenvalue weighted by atomic mass is 10.1. The number of non-ortho nitro benzene ring substituents is 1. The van der Waals surface area contributed by atoms with Gasteiger partial charge in [0.1, 0.15) is 0 Å². The highest BCUT2D eigenvalue weighted by molar-refractivity contribution is 6.34. The Balaban J connectivity index is 1.84. The van der Waals surface area contributed by atoms with Crippen molar-refractivity contribution in [2.75, 3.05) is 0 Å². The van der Waals surface area contributed by atoms with Crippen molar-refractivity contribution in [1.29, 1.82) is 0 Å². The molecule has 7 heteroatoms. The molecule has 0 saturated heterocycles. The zero-order valence-corrected chi connectivity index (χ0v) is 12.7. The monoisotopic (exact) mass is 332 g/mol. The van der Waals surface area contributed by atoms with Gasteiger partial charge in [-0.1, -0.05) is 35.9 Å². The van der Waals surface area contributed by atoms with E-state index in [1.165, 1.54) is 12.1 Å². The number of rotatable bonds is 3. The average molecular weight is 333 g/mol. The van der Waals surface area contributed by atoms with Crippen LogP contribution in [-0.2, 0) is 6.42 Å². The molecule has 2 unspecified atom stereocenters. The van der Waals surface area contributed by atoms with Crippen molar-refractivity contribution in [3.63, 3.8) is 0 Å². The van der Waals surface area contributed by atoms with Gasteiger partial charge in [0, 0.05) is 18.6 Å². The summed E-state index contributed by atoms with van der Waals surface area (Å²) in [5.74, 6) is -0.481. The molecule has 118 valence electrons. The molecule has 0 bridgehead atoms. The molecule has 0 aromatic heterocycles. The predicted octanol–water partition coefficient (Wildman–Crippen LogP) is 2.64. The van der Waals surface area contributed by atoms with Crippen LogP contribution in [0, 0.1) is 10.1 Å². The maximum Gasteiger partial charge on any atom is 0.270 e. The van der Waals surface area contributed by atoms with E-state index in [9.17, 15) is 20.0 Å². The molecule has 6 nitrogen and oxygen atoms in total. The summed E-state index contributed by atoms with van der Waals surface area (Å²) in [5, 5.41) is 23.6. The second-order valence-electron chi connectivity index (χ2n) is 5.34. The second-order valence-corrected chi connectivity index (χ2v) is 5.75. The van der Waals surface area contributed by atoms with Crippen LogP contribution < -0.4 is 5.32 Å². The van der Waals surface area contributed by atoms with Crippen molar-refractivity contribution in [2.24, 2.45) is 0 Å². The van der Waals surface area contributed by atoms with Gasteiger partial charge < -0.3 is 10.4 Å². The number of carbonyl (C=O) groups excluding carboxylic acids is 1. The highest BCUT2D eigenvalue weighted by Gasteiger charge is 2.32. The summed E-state index contributed by atoms with van der Waals surface area (Å²) in [7, 11) is 0. The molecule has 2 atom stereocenters. The Morgan fingerprint density at radius 2 is 2.04 bits per heavy atom. The lowest BCUT2D eigenvalue weighted by Gasteiger charge is -2.18. The van der Waals surface area contributed by atoms with Crippen molar-refractivity contribution in [2.45, 2.75) is 18.6 Å². The fourth-order valence-corrected chi connectivity index (χ4v) is 3.03. The fraction of sp³-hybridized carbons (Fsp3) is 0.188. The van der Waals surface area contributed by atoms with Gasteiger partial charge >= 0.3 is 0 Å². The standard InChI is InChI=1S/C16H13ClN2O4/c17-13-8-10(19(22)23)5-6-12(13)16(21)18-15-11-4-2-1-3-9(11)7-14(15)20/h1-6,8,14-15,20H,7H2,(H,18,21). The number of hydrogen-bond donors (Lipinski definition) is 2. The van der Waals surface area contributed by atoms with Gasteiger partial charge in [0.05, 0.1) is 27.7 Å². The number of nitrogens with zero attached hydrogens (tertiary/aromatic N) is 1. The molecule has 23 heavy (non-hydrogen) atoms. The molecule has 3 rings (SSSR count). The first-order valence-corrected chi connectivity index (χ1v) is 7.36. The number of halogens is 1. The Morgan fingerprint density at radius 1 is 1.30 bits per heavy atom. The highest BCUT2D eigenvalue weighted by atomic mass is 35.5. The summed E-state index contributed by atoms with van der Waals surface area (Å²) in [6.45, 7) is 0. The molecule has 1 aliphatic rings. The van der Waals surface area contributed by atoms with Crippen molar-refractivity contribution in [1.82, 2.24) is 5.32 Å². The lowest BCUT2D eigenvalue weighted by molar-refractivity contribution is -0.384. The number of benzene rings is 2. The van der Waals surface area contributed by atoms with Crippen molar-refractivity contribution in [3.05, 3.63) is 74.3 Å².